The van der Waals surface area contributed by atoms with Gasteiger partial charge in [0.2, 0.25) is 0 Å². The van der Waals surface area contributed by atoms with Gasteiger partial charge in [0.25, 0.3) is 0 Å². The van der Waals surface area contributed by atoms with Crippen LogP contribution in [0.4, 0.5) is 11.6 Å². The van der Waals surface area contributed by atoms with Gasteiger partial charge in [0, 0.05) is 11.1 Å². The van der Waals surface area contributed by atoms with Crippen LogP contribution in [0, 0.1) is 0 Å². The van der Waals surface area contributed by atoms with Gasteiger partial charge in [-0.1, -0.05) is 60.7 Å². The molecule has 6 nitrogen and oxygen atoms in total. The topological polar surface area (TPSA) is 104 Å². The summed E-state index contributed by atoms with van der Waals surface area (Å²) in [5.41, 5.74) is 15.3. The summed E-state index contributed by atoms with van der Waals surface area (Å²) in [5, 5.41) is 0. The highest BCUT2D eigenvalue weighted by Gasteiger charge is 2.14. The smallest absolute Gasteiger partial charge is 0.186 e. The molecule has 0 saturated heterocycles. The molecule has 4 N–H and O–H groups in total. The second-order valence-electron chi connectivity index (χ2n) is 5.29. The maximum Gasteiger partial charge on any atom is 0.186 e. The predicted octanol–water partition coefficient (Wildman–Crippen LogP) is 2.92. The summed E-state index contributed by atoms with van der Waals surface area (Å²) in [7, 11) is 0. The van der Waals surface area contributed by atoms with Gasteiger partial charge in [0.1, 0.15) is 5.69 Å². The summed E-state index contributed by atoms with van der Waals surface area (Å²) in [5.74, 6) is 1.09. The van der Waals surface area contributed by atoms with Crippen LogP contribution in [0.5, 0.6) is 0 Å². The number of benzene rings is 2. The van der Waals surface area contributed by atoms with E-state index >= 15 is 0 Å². The van der Waals surface area contributed by atoms with Crippen molar-refractivity contribution in [3.63, 3.8) is 0 Å². The molecule has 2 heterocycles. The molecule has 0 atom stereocenters. The summed E-state index contributed by atoms with van der Waals surface area (Å²) in [6, 6.07) is 19.2. The average Bonchev–Trinajstić information content (AvgIpc) is 2.62. The zero-order valence-electron chi connectivity index (χ0n) is 12.7. The largest absolute Gasteiger partial charge is 0.382 e. The Morgan fingerprint density at radius 2 is 1.21 bits per heavy atom. The minimum atomic E-state index is 0.281. The Kier molecular flexibility index (Phi) is 3.28. The zero-order chi connectivity index (χ0) is 16.5. The van der Waals surface area contributed by atoms with E-state index < -0.39 is 0 Å². The molecule has 0 unspecified atom stereocenters. The van der Waals surface area contributed by atoms with E-state index in [4.69, 9.17) is 11.5 Å². The first kappa shape index (κ1) is 14.1. The van der Waals surface area contributed by atoms with E-state index in [2.05, 4.69) is 19.9 Å². The highest BCUT2D eigenvalue weighted by Crippen LogP contribution is 2.27. The average molecular weight is 314 g/mol. The maximum absolute atomic E-state index is 6.10. The van der Waals surface area contributed by atoms with E-state index in [-0.39, 0.29) is 5.82 Å². The molecule has 116 valence electrons. The molecule has 4 aromatic rings. The summed E-state index contributed by atoms with van der Waals surface area (Å²) >= 11 is 0. The minimum absolute atomic E-state index is 0.281. The first-order valence-corrected chi connectivity index (χ1v) is 7.44. The molecule has 0 aliphatic carbocycles. The van der Waals surface area contributed by atoms with Crippen molar-refractivity contribution in [1.82, 2.24) is 19.9 Å². The molecule has 2 aromatic heterocycles. The van der Waals surface area contributed by atoms with Gasteiger partial charge in [-0.2, -0.15) is 0 Å². The molecule has 0 aliphatic rings. The standard InChI is InChI=1S/C18H14N6/c19-15-13(11-7-3-1-4-8-11)21-14-16(20)22-17(24-18(14)23-15)12-9-5-2-6-10-12/h1-10H,(H4,19,20,22,23,24). The van der Waals surface area contributed by atoms with Gasteiger partial charge in [0.05, 0.1) is 0 Å². The molecule has 4 rings (SSSR count). The molecular weight excluding hydrogens is 300 g/mol. The van der Waals surface area contributed by atoms with Gasteiger partial charge in [-0.3, -0.25) is 0 Å². The van der Waals surface area contributed by atoms with Gasteiger partial charge in [-0.25, -0.2) is 19.9 Å². The lowest BCUT2D eigenvalue weighted by atomic mass is 10.1. The molecule has 6 heteroatoms. The molecule has 0 spiro atoms. The number of nitrogens with two attached hydrogens (primary N) is 2. The van der Waals surface area contributed by atoms with Crippen LogP contribution >= 0.6 is 0 Å². The Bertz CT molecular complexity index is 1020. The third kappa shape index (κ3) is 2.40. The Balaban J connectivity index is 1.92. The highest BCUT2D eigenvalue weighted by molar-refractivity contribution is 5.87. The van der Waals surface area contributed by atoms with Crippen molar-refractivity contribution in [3.8, 4) is 22.6 Å². The maximum atomic E-state index is 6.10. The Hall–Kier alpha value is -3.54. The number of nitrogen functional groups attached to an aromatic ring is 2. The number of nitrogens with zero attached hydrogens (tertiary/aromatic N) is 4. The molecule has 0 aliphatic heterocycles. The Labute approximate surface area is 138 Å². The third-order valence-corrected chi connectivity index (χ3v) is 3.66. The molecule has 0 fully saturated rings. The quantitative estimate of drug-likeness (QED) is 0.589. The zero-order valence-corrected chi connectivity index (χ0v) is 12.7. The Morgan fingerprint density at radius 3 is 1.88 bits per heavy atom. The van der Waals surface area contributed by atoms with Gasteiger partial charge < -0.3 is 11.5 Å². The number of aromatic nitrogens is 4. The van der Waals surface area contributed by atoms with Crippen molar-refractivity contribution in [2.24, 2.45) is 0 Å². The lowest BCUT2D eigenvalue weighted by molar-refractivity contribution is 1.16. The number of hydrogen-bond donors (Lipinski definition) is 2. The van der Waals surface area contributed by atoms with Gasteiger partial charge in [-0.05, 0) is 0 Å². The molecule has 0 amide bonds. The van der Waals surface area contributed by atoms with E-state index in [9.17, 15) is 0 Å². The van der Waals surface area contributed by atoms with Crippen LogP contribution in [-0.2, 0) is 0 Å². The van der Waals surface area contributed by atoms with E-state index in [1.807, 2.05) is 60.7 Å². The minimum Gasteiger partial charge on any atom is -0.382 e. The first-order valence-electron chi connectivity index (χ1n) is 7.44. The van der Waals surface area contributed by atoms with Crippen LogP contribution in [0.3, 0.4) is 0 Å². The second kappa shape index (κ2) is 5.58. The monoisotopic (exact) mass is 314 g/mol. The number of anilines is 2. The fraction of sp³-hybridized carbons (Fsp3) is 0. The van der Waals surface area contributed by atoms with E-state index in [0.717, 1.165) is 11.1 Å². The molecule has 24 heavy (non-hydrogen) atoms. The summed E-state index contributed by atoms with van der Waals surface area (Å²) < 4.78 is 0. The van der Waals surface area contributed by atoms with Crippen LogP contribution in [0.2, 0.25) is 0 Å². The Morgan fingerprint density at radius 1 is 0.583 bits per heavy atom. The van der Waals surface area contributed by atoms with Crippen molar-refractivity contribution in [3.05, 3.63) is 60.7 Å². The summed E-state index contributed by atoms with van der Waals surface area (Å²) in [4.78, 5) is 17.7. The van der Waals surface area contributed by atoms with Crippen LogP contribution in [0.15, 0.2) is 60.7 Å². The summed E-state index contributed by atoms with van der Waals surface area (Å²) in [6.45, 7) is 0. The molecule has 0 saturated carbocycles. The second-order valence-corrected chi connectivity index (χ2v) is 5.29. The van der Waals surface area contributed by atoms with E-state index in [1.54, 1.807) is 0 Å². The molecule has 2 aromatic carbocycles. The summed E-state index contributed by atoms with van der Waals surface area (Å²) in [6.07, 6.45) is 0. The third-order valence-electron chi connectivity index (χ3n) is 3.66. The van der Waals surface area contributed by atoms with Gasteiger partial charge >= 0.3 is 0 Å². The lowest BCUT2D eigenvalue weighted by Gasteiger charge is -2.08. The van der Waals surface area contributed by atoms with Crippen molar-refractivity contribution in [2.75, 3.05) is 11.5 Å². The SMILES string of the molecule is Nc1nc2nc(-c3ccccc3)nc(N)c2nc1-c1ccccc1. The van der Waals surface area contributed by atoms with Crippen LogP contribution in [0.1, 0.15) is 0 Å². The van der Waals surface area contributed by atoms with E-state index in [1.165, 1.54) is 0 Å². The first-order chi connectivity index (χ1) is 11.7. The van der Waals surface area contributed by atoms with Crippen LogP contribution in [-0.4, -0.2) is 19.9 Å². The fourth-order valence-corrected chi connectivity index (χ4v) is 2.51. The lowest BCUT2D eigenvalue weighted by Crippen LogP contribution is -2.05. The molecule has 0 bridgehead atoms. The van der Waals surface area contributed by atoms with Gasteiger partial charge in [0.15, 0.2) is 28.6 Å². The van der Waals surface area contributed by atoms with Crippen LogP contribution < -0.4 is 11.5 Å². The number of fused-ring (bicyclic) bond motifs is 1. The van der Waals surface area contributed by atoms with Crippen molar-refractivity contribution in [1.29, 1.82) is 0 Å². The van der Waals surface area contributed by atoms with E-state index in [0.29, 0.717) is 28.5 Å². The fourth-order valence-electron chi connectivity index (χ4n) is 2.51. The number of rotatable bonds is 2. The molecular formula is C18H14N6. The highest BCUT2D eigenvalue weighted by atomic mass is 15.1. The normalized spacial score (nSPS) is 10.8. The predicted molar refractivity (Wildman–Crippen MR) is 94.8 cm³/mol. The van der Waals surface area contributed by atoms with Crippen LogP contribution in [0.25, 0.3) is 33.8 Å². The van der Waals surface area contributed by atoms with Gasteiger partial charge in [-0.15, -0.1) is 0 Å². The van der Waals surface area contributed by atoms with Crippen molar-refractivity contribution >= 4 is 22.8 Å². The van der Waals surface area contributed by atoms with Crippen molar-refractivity contribution < 1.29 is 0 Å². The number of hydrogen-bond acceptors (Lipinski definition) is 6. The van der Waals surface area contributed by atoms with Crippen molar-refractivity contribution in [2.45, 2.75) is 0 Å². The molecule has 0 radical (unpaired) electrons.